The molecule has 0 aliphatic heterocycles. The van der Waals surface area contributed by atoms with Crippen molar-refractivity contribution >= 4 is 22.5 Å². The molecule has 33 heavy (non-hydrogen) atoms. The van der Waals surface area contributed by atoms with E-state index >= 15 is 0 Å². The number of fused-ring (bicyclic) bond motifs is 1. The Labute approximate surface area is 195 Å². The molecule has 0 unspecified atom stereocenters. The summed E-state index contributed by atoms with van der Waals surface area (Å²) in [6.45, 7) is 15.7. The van der Waals surface area contributed by atoms with E-state index in [1.807, 2.05) is 53.7 Å². The summed E-state index contributed by atoms with van der Waals surface area (Å²) in [6.07, 6.45) is 1.26. The summed E-state index contributed by atoms with van der Waals surface area (Å²) in [5.74, 6) is -0.390. The molecule has 0 aliphatic rings. The van der Waals surface area contributed by atoms with Crippen molar-refractivity contribution in [2.45, 2.75) is 72.3 Å². The van der Waals surface area contributed by atoms with Gasteiger partial charge >= 0.3 is 0 Å². The van der Waals surface area contributed by atoms with Gasteiger partial charge in [0.25, 0.3) is 5.91 Å². The molecular weight excluding hydrogens is 416 g/mol. The number of carbonyl (C=O) groups is 1. The molecule has 2 aromatic carbocycles. The molecule has 0 atom stereocenters. The largest absolute Gasteiger partial charge is 0.508 e. The number of aliphatic hydroxyl groups is 1. The number of anilines is 1. The average Bonchev–Trinajstić information content (AvgIpc) is 2.66. The number of phenolic OH excluding ortho intramolecular Hbond substituents is 1. The second-order valence-electron chi connectivity index (χ2n) is 10.5. The van der Waals surface area contributed by atoms with E-state index in [-0.39, 0.29) is 33.7 Å². The lowest BCUT2D eigenvalue weighted by molar-refractivity contribution is 0.102. The zero-order chi connectivity index (χ0) is 25.1. The van der Waals surface area contributed by atoms with Gasteiger partial charge < -0.3 is 20.5 Å². The van der Waals surface area contributed by atoms with Crippen LogP contribution < -0.4 is 10.7 Å². The molecule has 3 rings (SSSR count). The van der Waals surface area contributed by atoms with Crippen molar-refractivity contribution in [3.05, 3.63) is 69.5 Å². The summed E-state index contributed by atoms with van der Waals surface area (Å²) >= 11 is 0. The number of rotatable bonds is 2. The Morgan fingerprint density at radius 2 is 1.52 bits per heavy atom. The van der Waals surface area contributed by atoms with Crippen LogP contribution >= 0.6 is 0 Å². The number of benzene rings is 2. The normalized spacial score (nSPS) is 11.8. The first-order valence-corrected chi connectivity index (χ1v) is 11.1. The summed E-state index contributed by atoms with van der Waals surface area (Å²) in [7, 11) is 0. The second-order valence-corrected chi connectivity index (χ2v) is 10.5. The molecule has 0 saturated carbocycles. The Balaban J connectivity index is 0.000000890. The average molecular weight is 453 g/mol. The van der Waals surface area contributed by atoms with Crippen LogP contribution in [0.2, 0.25) is 0 Å². The van der Waals surface area contributed by atoms with Gasteiger partial charge in [-0.1, -0.05) is 53.7 Å². The topological polar surface area (TPSA) is 102 Å². The summed E-state index contributed by atoms with van der Waals surface area (Å²) in [6, 6.07) is 10.6. The van der Waals surface area contributed by atoms with Crippen LogP contribution in [0.3, 0.4) is 0 Å². The van der Waals surface area contributed by atoms with Crippen LogP contribution in [0.5, 0.6) is 5.75 Å². The van der Waals surface area contributed by atoms with E-state index in [1.54, 1.807) is 38.1 Å². The molecule has 0 spiro atoms. The number of hydrogen-bond acceptors (Lipinski definition) is 4. The van der Waals surface area contributed by atoms with Gasteiger partial charge in [-0.15, -0.1) is 0 Å². The number of para-hydroxylation sites is 1. The van der Waals surface area contributed by atoms with Gasteiger partial charge in [-0.3, -0.25) is 9.59 Å². The lowest BCUT2D eigenvalue weighted by Gasteiger charge is -2.28. The van der Waals surface area contributed by atoms with Gasteiger partial charge in [0.05, 0.1) is 0 Å². The predicted molar refractivity (Wildman–Crippen MR) is 135 cm³/mol. The van der Waals surface area contributed by atoms with E-state index in [1.165, 1.54) is 6.20 Å². The highest BCUT2D eigenvalue weighted by molar-refractivity contribution is 6.06. The monoisotopic (exact) mass is 452 g/mol. The summed E-state index contributed by atoms with van der Waals surface area (Å²) in [5, 5.41) is 21.9. The van der Waals surface area contributed by atoms with Crippen LogP contribution in [0.4, 0.5) is 5.69 Å². The molecule has 0 aliphatic carbocycles. The molecule has 6 heteroatoms. The second kappa shape index (κ2) is 9.79. The highest BCUT2D eigenvalue weighted by Gasteiger charge is 2.26. The van der Waals surface area contributed by atoms with Gasteiger partial charge in [0.1, 0.15) is 11.3 Å². The summed E-state index contributed by atoms with van der Waals surface area (Å²) in [5.41, 5.74) is 2.06. The van der Waals surface area contributed by atoms with Gasteiger partial charge in [0.15, 0.2) is 0 Å². The highest BCUT2D eigenvalue weighted by Crippen LogP contribution is 2.39. The van der Waals surface area contributed by atoms with Crippen LogP contribution in [0, 0.1) is 0 Å². The molecular formula is C27H36N2O4. The number of nitrogens with one attached hydrogen (secondary N) is 2. The van der Waals surface area contributed by atoms with Crippen molar-refractivity contribution in [1.82, 2.24) is 4.98 Å². The number of phenols is 1. The van der Waals surface area contributed by atoms with Crippen molar-refractivity contribution in [2.24, 2.45) is 0 Å². The predicted octanol–water partition coefficient (Wildman–Crippen LogP) is 5.47. The molecule has 3 aromatic rings. The number of aromatic nitrogens is 1. The number of aromatic hydroxyl groups is 1. The van der Waals surface area contributed by atoms with E-state index in [0.29, 0.717) is 16.6 Å². The molecule has 0 saturated heterocycles. The third-order valence-corrected chi connectivity index (χ3v) is 5.03. The fraction of sp³-hybridized carbons (Fsp3) is 0.407. The Kier molecular flexibility index (Phi) is 7.75. The van der Waals surface area contributed by atoms with Crippen molar-refractivity contribution in [3.8, 4) is 5.75 Å². The van der Waals surface area contributed by atoms with Crippen molar-refractivity contribution in [3.63, 3.8) is 0 Å². The standard InChI is InChI=1S/C24H28N2O3.C3H8O/c1-23(2,3)16-11-17(24(4,5)6)20(27)12-19(16)26-22(29)15-13-25-18-10-8-7-9-14(18)21(15)28;1-3(2)4/h7-13,27H,1-6H3,(H,25,28)(H,26,29);3-4H,1-2H3. The molecule has 0 radical (unpaired) electrons. The lowest BCUT2D eigenvalue weighted by atomic mass is 9.79. The van der Waals surface area contributed by atoms with Gasteiger partial charge in [-0.05, 0) is 54.0 Å². The molecule has 0 bridgehead atoms. The third-order valence-electron chi connectivity index (χ3n) is 5.03. The number of aliphatic hydroxyl groups excluding tert-OH is 1. The van der Waals surface area contributed by atoms with Crippen LogP contribution in [-0.4, -0.2) is 27.2 Å². The van der Waals surface area contributed by atoms with E-state index in [2.05, 4.69) is 10.3 Å². The Hall–Kier alpha value is -3.12. The van der Waals surface area contributed by atoms with E-state index < -0.39 is 5.91 Å². The van der Waals surface area contributed by atoms with Crippen LogP contribution in [0.25, 0.3) is 10.9 Å². The maximum atomic E-state index is 12.9. The first-order valence-electron chi connectivity index (χ1n) is 11.1. The van der Waals surface area contributed by atoms with E-state index in [0.717, 1.165) is 11.1 Å². The van der Waals surface area contributed by atoms with Gasteiger partial charge in [0, 0.05) is 35.0 Å². The van der Waals surface area contributed by atoms with Crippen LogP contribution in [0.15, 0.2) is 47.4 Å². The van der Waals surface area contributed by atoms with Crippen molar-refractivity contribution in [2.75, 3.05) is 5.32 Å². The minimum atomic E-state index is -0.509. The third kappa shape index (κ3) is 6.45. The minimum absolute atomic E-state index is 0.0305. The lowest BCUT2D eigenvalue weighted by Crippen LogP contribution is -2.25. The molecule has 1 heterocycles. The highest BCUT2D eigenvalue weighted by atomic mass is 16.3. The molecule has 6 nitrogen and oxygen atoms in total. The van der Waals surface area contributed by atoms with Crippen molar-refractivity contribution < 1.29 is 15.0 Å². The number of pyridine rings is 1. The number of hydrogen-bond donors (Lipinski definition) is 4. The fourth-order valence-corrected chi connectivity index (χ4v) is 3.44. The number of carbonyl (C=O) groups excluding carboxylic acids is 1. The smallest absolute Gasteiger partial charge is 0.261 e. The van der Waals surface area contributed by atoms with Gasteiger partial charge in [-0.2, -0.15) is 0 Å². The fourth-order valence-electron chi connectivity index (χ4n) is 3.44. The Morgan fingerprint density at radius 1 is 0.970 bits per heavy atom. The van der Waals surface area contributed by atoms with E-state index in [9.17, 15) is 14.7 Å². The number of H-pyrrole nitrogens is 1. The van der Waals surface area contributed by atoms with Gasteiger partial charge in [0.2, 0.25) is 5.43 Å². The number of aromatic amines is 1. The van der Waals surface area contributed by atoms with E-state index in [4.69, 9.17) is 5.11 Å². The molecule has 1 amide bonds. The molecule has 4 N–H and O–H groups in total. The first-order chi connectivity index (χ1) is 15.1. The van der Waals surface area contributed by atoms with Crippen molar-refractivity contribution in [1.29, 1.82) is 0 Å². The molecule has 1 aromatic heterocycles. The first kappa shape index (κ1) is 26.1. The SMILES string of the molecule is CC(C)(C)c1cc(C(C)(C)C)c(NC(=O)c2c[nH]c3ccccc3c2=O)cc1O.CC(C)O. The Bertz CT molecular complexity index is 1190. The number of amides is 1. The maximum Gasteiger partial charge on any atom is 0.261 e. The zero-order valence-corrected chi connectivity index (χ0v) is 20.8. The zero-order valence-electron chi connectivity index (χ0n) is 20.8. The minimum Gasteiger partial charge on any atom is -0.508 e. The Morgan fingerprint density at radius 3 is 2.06 bits per heavy atom. The summed E-state index contributed by atoms with van der Waals surface area (Å²) < 4.78 is 0. The van der Waals surface area contributed by atoms with Crippen LogP contribution in [0.1, 0.15) is 76.9 Å². The maximum absolute atomic E-state index is 12.9. The molecule has 178 valence electrons. The molecule has 0 fully saturated rings. The van der Waals surface area contributed by atoms with Gasteiger partial charge in [-0.25, -0.2) is 0 Å². The summed E-state index contributed by atoms with van der Waals surface area (Å²) in [4.78, 5) is 28.7. The van der Waals surface area contributed by atoms with Crippen LogP contribution in [-0.2, 0) is 10.8 Å². The quantitative estimate of drug-likeness (QED) is 0.414.